The van der Waals surface area contributed by atoms with E-state index in [0.29, 0.717) is 17.3 Å². The van der Waals surface area contributed by atoms with E-state index in [0.717, 1.165) is 12.3 Å². The fourth-order valence-electron chi connectivity index (χ4n) is 3.54. The maximum absolute atomic E-state index is 13.5. The Morgan fingerprint density at radius 1 is 1.19 bits per heavy atom. The number of ether oxygens (including phenoxy) is 2. The molecule has 1 amide bonds. The Hall–Kier alpha value is -3.56. The van der Waals surface area contributed by atoms with E-state index in [1.54, 1.807) is 13.0 Å². The predicted octanol–water partition coefficient (Wildman–Crippen LogP) is 0.887. The summed E-state index contributed by atoms with van der Waals surface area (Å²) in [5, 5.41) is 3.89. The third kappa shape index (κ3) is 6.16. The van der Waals surface area contributed by atoms with E-state index in [4.69, 9.17) is 4.74 Å². The van der Waals surface area contributed by atoms with Crippen molar-refractivity contribution in [1.82, 2.24) is 21.0 Å². The molecule has 1 aliphatic carbocycles. The molecule has 0 spiro atoms. The number of hydrogen-bond acceptors (Lipinski definition) is 9. The van der Waals surface area contributed by atoms with Gasteiger partial charge in [-0.15, -0.1) is 5.53 Å². The van der Waals surface area contributed by atoms with E-state index in [-0.39, 0.29) is 17.0 Å². The normalized spacial score (nSPS) is 20.1. The zero-order valence-corrected chi connectivity index (χ0v) is 20.4. The van der Waals surface area contributed by atoms with Gasteiger partial charge in [0.15, 0.2) is 5.70 Å². The van der Waals surface area contributed by atoms with Gasteiger partial charge in [-0.2, -0.15) is 13.2 Å². The summed E-state index contributed by atoms with van der Waals surface area (Å²) in [6, 6.07) is 3.18. The number of aryl methyl sites for hydroxylation is 1. The van der Waals surface area contributed by atoms with Crippen molar-refractivity contribution in [2.75, 3.05) is 25.5 Å². The van der Waals surface area contributed by atoms with Crippen LogP contribution in [0.1, 0.15) is 15.9 Å². The van der Waals surface area contributed by atoms with Crippen LogP contribution in [0.2, 0.25) is 0 Å². The summed E-state index contributed by atoms with van der Waals surface area (Å²) >= 11 is 0. The third-order valence-electron chi connectivity index (χ3n) is 5.19. The smallest absolute Gasteiger partial charge is 0.416 e. The van der Waals surface area contributed by atoms with Crippen molar-refractivity contribution in [3.05, 3.63) is 64.6 Å². The first-order valence-corrected chi connectivity index (χ1v) is 12.2. The van der Waals surface area contributed by atoms with Crippen LogP contribution < -0.4 is 26.0 Å². The molecule has 0 aromatic heterocycles. The van der Waals surface area contributed by atoms with Gasteiger partial charge in [-0.1, -0.05) is 6.07 Å². The van der Waals surface area contributed by atoms with Crippen molar-refractivity contribution in [1.29, 1.82) is 0 Å². The van der Waals surface area contributed by atoms with Crippen LogP contribution in [-0.4, -0.2) is 59.1 Å². The van der Waals surface area contributed by atoms with Gasteiger partial charge in [0.2, 0.25) is 10.0 Å². The van der Waals surface area contributed by atoms with Crippen molar-refractivity contribution in [2.24, 2.45) is 0 Å². The fourth-order valence-corrected chi connectivity index (χ4v) is 4.15. The van der Waals surface area contributed by atoms with Crippen LogP contribution in [0.25, 0.3) is 0 Å². The van der Waals surface area contributed by atoms with Crippen LogP contribution >= 0.6 is 0 Å². The Kier molecular flexibility index (Phi) is 7.66. The molecule has 15 heteroatoms. The van der Waals surface area contributed by atoms with E-state index >= 15 is 0 Å². The number of carbonyl (C=O) groups excluding carboxylic acids is 2. The second-order valence-corrected chi connectivity index (χ2v) is 9.64. The molecule has 0 radical (unpaired) electrons. The molecule has 196 valence electrons. The highest BCUT2D eigenvalue weighted by Crippen LogP contribution is 2.32. The Balaban J connectivity index is 1.90. The number of sulfonamides is 1. The van der Waals surface area contributed by atoms with E-state index in [2.05, 4.69) is 21.0 Å². The van der Waals surface area contributed by atoms with Crippen molar-refractivity contribution in [3.63, 3.8) is 0 Å². The van der Waals surface area contributed by atoms with Crippen LogP contribution in [-0.2, 0) is 24.3 Å². The highest BCUT2D eigenvalue weighted by molar-refractivity contribution is 7.88. The Labute approximate surface area is 205 Å². The van der Waals surface area contributed by atoms with Crippen LogP contribution in [0.3, 0.4) is 0 Å². The number of methoxy groups -OCH3 is 2. The van der Waals surface area contributed by atoms with Gasteiger partial charge in [0.25, 0.3) is 5.91 Å². The van der Waals surface area contributed by atoms with Gasteiger partial charge in [-0.25, -0.2) is 13.2 Å². The fraction of sp³-hybridized carbons (Fsp3) is 0.333. The number of benzene rings is 1. The van der Waals surface area contributed by atoms with Crippen LogP contribution in [0.15, 0.2) is 53.5 Å². The number of esters is 1. The van der Waals surface area contributed by atoms with Gasteiger partial charge >= 0.3 is 12.1 Å². The molecule has 0 fully saturated rings. The SMILES string of the molecule is COC(=O)C1=CN(c2cc(C(=O)NC3C=C(C(F)(F)F)C=C(NS(C)(=O)=O)C3OC)ccc2C)NN1. The zero-order chi connectivity index (χ0) is 26.8. The molecule has 0 saturated heterocycles. The summed E-state index contributed by atoms with van der Waals surface area (Å²) < 4.78 is 75.8. The second kappa shape index (κ2) is 10.2. The lowest BCUT2D eigenvalue weighted by molar-refractivity contribution is -0.136. The molecular formula is C21H24F3N5O6S. The number of alkyl halides is 3. The number of hydrazine groups is 2. The minimum absolute atomic E-state index is 0.0845. The molecule has 2 atom stereocenters. The van der Waals surface area contributed by atoms with E-state index in [1.807, 2.05) is 4.72 Å². The highest BCUT2D eigenvalue weighted by atomic mass is 32.2. The Bertz CT molecular complexity index is 1260. The van der Waals surface area contributed by atoms with E-state index in [1.165, 1.54) is 37.6 Å². The molecule has 0 saturated carbocycles. The number of hydrogen-bond donors (Lipinski definition) is 4. The van der Waals surface area contributed by atoms with Crippen molar-refractivity contribution in [2.45, 2.75) is 25.2 Å². The number of nitrogens with zero attached hydrogens (tertiary/aromatic N) is 1. The standard InChI is InChI=1S/C21H24F3N5O6S/c1-11-5-6-12(7-17(11)29-10-16(26-28-29)20(31)35-3)19(30)25-14-8-13(21(22,23)24)9-15(18(14)34-2)27-36(4,32)33/h5-10,14,18,26-28H,1-4H3,(H,25,30). The Morgan fingerprint density at radius 2 is 1.89 bits per heavy atom. The average Bonchev–Trinajstić information content (AvgIpc) is 3.27. The number of nitrogens with one attached hydrogen (secondary N) is 4. The predicted molar refractivity (Wildman–Crippen MR) is 122 cm³/mol. The summed E-state index contributed by atoms with van der Waals surface area (Å²) in [5.41, 5.74) is 5.19. The van der Waals surface area contributed by atoms with Gasteiger partial charge in [-0.05, 0) is 36.8 Å². The molecule has 1 heterocycles. The van der Waals surface area contributed by atoms with Crippen molar-refractivity contribution in [3.8, 4) is 0 Å². The minimum atomic E-state index is -4.80. The van der Waals surface area contributed by atoms with Crippen molar-refractivity contribution < 1.29 is 40.7 Å². The zero-order valence-electron chi connectivity index (χ0n) is 19.6. The molecule has 2 unspecified atom stereocenters. The van der Waals surface area contributed by atoms with Crippen LogP contribution in [0, 0.1) is 6.92 Å². The number of carbonyl (C=O) groups is 2. The summed E-state index contributed by atoms with van der Waals surface area (Å²) in [4.78, 5) is 24.8. The third-order valence-corrected chi connectivity index (χ3v) is 5.80. The largest absolute Gasteiger partial charge is 0.464 e. The van der Waals surface area contributed by atoms with Gasteiger partial charge in [0, 0.05) is 12.7 Å². The molecule has 1 aromatic rings. The van der Waals surface area contributed by atoms with E-state index in [9.17, 15) is 31.2 Å². The molecule has 11 nitrogen and oxygen atoms in total. The van der Waals surface area contributed by atoms with Crippen molar-refractivity contribution >= 4 is 27.6 Å². The topological polar surface area (TPSA) is 138 Å². The van der Waals surface area contributed by atoms with Gasteiger partial charge in [0.1, 0.15) is 6.10 Å². The first-order chi connectivity index (χ1) is 16.7. The molecule has 4 N–H and O–H groups in total. The molecule has 1 aliphatic heterocycles. The van der Waals surface area contributed by atoms with E-state index < -0.39 is 45.8 Å². The molecule has 1 aromatic carbocycles. The number of allylic oxidation sites excluding steroid dienone is 2. The number of anilines is 1. The number of amides is 1. The van der Waals surface area contributed by atoms with Gasteiger partial charge in [0.05, 0.1) is 42.6 Å². The van der Waals surface area contributed by atoms with Crippen LogP contribution in [0.5, 0.6) is 0 Å². The number of halogens is 3. The maximum atomic E-state index is 13.5. The maximum Gasteiger partial charge on any atom is 0.416 e. The van der Waals surface area contributed by atoms with Gasteiger partial charge in [-0.3, -0.25) is 20.0 Å². The highest BCUT2D eigenvalue weighted by Gasteiger charge is 2.40. The molecule has 2 aliphatic rings. The Morgan fingerprint density at radius 3 is 2.47 bits per heavy atom. The first kappa shape index (κ1) is 27.0. The monoisotopic (exact) mass is 531 g/mol. The van der Waals surface area contributed by atoms with Gasteiger partial charge < -0.3 is 14.8 Å². The average molecular weight is 532 g/mol. The lowest BCUT2D eigenvalue weighted by Crippen LogP contribution is -2.49. The lowest BCUT2D eigenvalue weighted by atomic mass is 9.96. The lowest BCUT2D eigenvalue weighted by Gasteiger charge is -2.31. The molecule has 3 rings (SSSR count). The second-order valence-electron chi connectivity index (χ2n) is 7.89. The molecule has 0 bridgehead atoms. The quantitative estimate of drug-likeness (QED) is 0.378. The molecular weight excluding hydrogens is 507 g/mol. The summed E-state index contributed by atoms with van der Waals surface area (Å²) in [6.45, 7) is 1.75. The minimum Gasteiger partial charge on any atom is -0.464 e. The number of rotatable bonds is 7. The van der Waals surface area contributed by atoms with Crippen LogP contribution in [0.4, 0.5) is 18.9 Å². The summed E-state index contributed by atoms with van der Waals surface area (Å²) in [7, 11) is -1.54. The molecule has 36 heavy (non-hydrogen) atoms. The summed E-state index contributed by atoms with van der Waals surface area (Å²) in [5.74, 6) is -1.37. The summed E-state index contributed by atoms with van der Waals surface area (Å²) in [6.07, 6.45) is -2.47. The first-order valence-electron chi connectivity index (χ1n) is 10.3.